The Hall–Kier alpha value is -1.45. The fraction of sp³-hybridized carbons (Fsp3) is 0.600. The van der Waals surface area contributed by atoms with Gasteiger partial charge < -0.3 is 18.9 Å². The fourth-order valence-corrected chi connectivity index (χ4v) is 6.03. The van der Waals surface area contributed by atoms with Crippen molar-refractivity contribution in [2.75, 3.05) is 20.9 Å². The summed E-state index contributed by atoms with van der Waals surface area (Å²) in [6, 6.07) is 5.33. The third-order valence-electron chi connectivity index (χ3n) is 6.14. The lowest BCUT2D eigenvalue weighted by atomic mass is 9.54. The van der Waals surface area contributed by atoms with Crippen molar-refractivity contribution in [3.05, 3.63) is 29.3 Å². The van der Waals surface area contributed by atoms with Gasteiger partial charge in [0.15, 0.2) is 0 Å². The molecule has 4 saturated carbocycles. The first-order chi connectivity index (χ1) is 12.4. The van der Waals surface area contributed by atoms with Gasteiger partial charge in [0.1, 0.15) is 17.3 Å². The van der Waals surface area contributed by atoms with Crippen molar-refractivity contribution in [1.29, 1.82) is 0 Å². The average Bonchev–Trinajstić information content (AvgIpc) is 2.55. The highest BCUT2D eigenvalue weighted by molar-refractivity contribution is 7.52. The number of allylic oxidation sites excluding steroid dienone is 1. The third kappa shape index (κ3) is 3.39. The van der Waals surface area contributed by atoms with Crippen LogP contribution in [0.25, 0.3) is 5.76 Å². The number of hydrogen-bond acceptors (Lipinski definition) is 4. The first-order valence-electron chi connectivity index (χ1n) is 9.33. The summed E-state index contributed by atoms with van der Waals surface area (Å²) in [5.41, 5.74) is 2.29. The lowest BCUT2D eigenvalue weighted by molar-refractivity contribution is 0.0675. The van der Waals surface area contributed by atoms with E-state index in [-0.39, 0.29) is 0 Å². The number of ether oxygens (including phenoxy) is 2. The number of rotatable bonds is 5. The van der Waals surface area contributed by atoms with E-state index in [9.17, 15) is 9.46 Å². The molecule has 26 heavy (non-hydrogen) atoms. The summed E-state index contributed by atoms with van der Waals surface area (Å²) >= 11 is 0. The van der Waals surface area contributed by atoms with Gasteiger partial charge in [-0.25, -0.2) is 4.57 Å². The zero-order valence-corrected chi connectivity index (χ0v) is 16.5. The van der Waals surface area contributed by atoms with Gasteiger partial charge in [0.25, 0.3) is 0 Å². The molecule has 4 fully saturated rings. The summed E-state index contributed by atoms with van der Waals surface area (Å²) in [7, 11) is -0.351. The Morgan fingerprint density at radius 2 is 1.58 bits per heavy atom. The summed E-state index contributed by atoms with van der Waals surface area (Å²) < 4.78 is 28.2. The molecular formula is C20H27O5P. The molecular weight excluding hydrogens is 351 g/mol. The van der Waals surface area contributed by atoms with E-state index >= 15 is 0 Å². The van der Waals surface area contributed by atoms with E-state index in [1.807, 2.05) is 6.07 Å². The molecule has 0 amide bonds. The summed E-state index contributed by atoms with van der Waals surface area (Å²) in [6.07, 6.45) is 6.47. The summed E-state index contributed by atoms with van der Waals surface area (Å²) in [5.74, 6) is 4.77. The van der Waals surface area contributed by atoms with Crippen LogP contribution in [0.15, 0.2) is 23.8 Å². The van der Waals surface area contributed by atoms with Gasteiger partial charge in [-0.05, 0) is 73.5 Å². The molecule has 1 unspecified atom stereocenters. The van der Waals surface area contributed by atoms with Crippen LogP contribution in [0.4, 0.5) is 0 Å². The second-order valence-corrected chi connectivity index (χ2v) is 9.87. The molecule has 0 spiro atoms. The van der Waals surface area contributed by atoms with Crippen molar-refractivity contribution in [2.24, 2.45) is 23.7 Å². The first kappa shape index (κ1) is 17.9. The number of benzene rings is 1. The van der Waals surface area contributed by atoms with Gasteiger partial charge in [0.2, 0.25) is 0 Å². The second kappa shape index (κ2) is 6.61. The minimum atomic E-state index is -3.64. The minimum absolute atomic E-state index is 0.326. The van der Waals surface area contributed by atoms with Crippen molar-refractivity contribution in [3.63, 3.8) is 0 Å². The van der Waals surface area contributed by atoms with Crippen molar-refractivity contribution in [3.8, 4) is 11.5 Å². The van der Waals surface area contributed by atoms with Crippen LogP contribution in [0.3, 0.4) is 0 Å². The summed E-state index contributed by atoms with van der Waals surface area (Å²) in [4.78, 5) is 9.58. The van der Waals surface area contributed by atoms with Crippen LogP contribution < -0.4 is 9.26 Å². The topological polar surface area (TPSA) is 65.0 Å². The van der Waals surface area contributed by atoms with Crippen LogP contribution in [-0.4, -0.2) is 25.8 Å². The van der Waals surface area contributed by atoms with Crippen LogP contribution in [0.2, 0.25) is 0 Å². The van der Waals surface area contributed by atoms with Crippen LogP contribution in [0, 0.1) is 23.7 Å². The molecule has 6 heteroatoms. The molecule has 1 N–H and O–H groups in total. The summed E-state index contributed by atoms with van der Waals surface area (Å²) in [6.45, 7) is 1.18. The third-order valence-corrected chi connectivity index (χ3v) is 6.69. The van der Waals surface area contributed by atoms with Gasteiger partial charge in [0, 0.05) is 18.3 Å². The molecule has 0 saturated heterocycles. The van der Waals surface area contributed by atoms with Crippen LogP contribution in [0.5, 0.6) is 11.5 Å². The molecule has 142 valence electrons. The smallest absolute Gasteiger partial charge is 0.373 e. The van der Waals surface area contributed by atoms with Crippen molar-refractivity contribution in [1.82, 2.24) is 0 Å². The highest BCUT2D eigenvalue weighted by Gasteiger charge is 2.46. The van der Waals surface area contributed by atoms with Gasteiger partial charge in [0.05, 0.1) is 14.2 Å². The Morgan fingerprint density at radius 1 is 1.00 bits per heavy atom. The maximum absolute atomic E-state index is 11.7. The molecule has 4 bridgehead atoms. The maximum Gasteiger partial charge on any atom is 0.373 e. The van der Waals surface area contributed by atoms with Crippen LogP contribution in [0.1, 0.15) is 37.7 Å². The fourth-order valence-electron chi connectivity index (χ4n) is 5.53. The molecule has 4 aliphatic carbocycles. The van der Waals surface area contributed by atoms with E-state index < -0.39 is 7.60 Å². The van der Waals surface area contributed by atoms with Crippen LogP contribution >= 0.6 is 7.60 Å². The predicted molar refractivity (Wildman–Crippen MR) is 100 cm³/mol. The second-order valence-electron chi connectivity index (χ2n) is 8.08. The molecule has 1 aromatic carbocycles. The molecule has 0 heterocycles. The van der Waals surface area contributed by atoms with E-state index in [0.29, 0.717) is 23.3 Å². The SMILES string of the molecule is COC(=C1C2CC3CC(C2)CC1C3)c1cc(OC)cc(OP(C)(=O)O)c1. The monoisotopic (exact) mass is 378 g/mol. The molecule has 5 nitrogen and oxygen atoms in total. The molecule has 5 rings (SSSR count). The largest absolute Gasteiger partial charge is 0.497 e. The van der Waals surface area contributed by atoms with E-state index in [2.05, 4.69) is 0 Å². The van der Waals surface area contributed by atoms with Crippen LogP contribution in [-0.2, 0) is 9.30 Å². The number of hydrogen-bond donors (Lipinski definition) is 1. The highest BCUT2D eigenvalue weighted by atomic mass is 31.2. The standard InChI is InChI=1S/C20H27O5P/c1-23-17-9-16(10-18(11-17)25-26(3,21)22)20(24-2)19-14-5-12-4-13(7-14)8-15(19)6-12/h9-15H,4-8H2,1-3H3,(H,21,22). The normalized spacial score (nSPS) is 31.5. The average molecular weight is 378 g/mol. The highest BCUT2D eigenvalue weighted by Crippen LogP contribution is 2.58. The van der Waals surface area contributed by atoms with Gasteiger partial charge in [-0.3, -0.25) is 0 Å². The summed E-state index contributed by atoms with van der Waals surface area (Å²) in [5, 5.41) is 0. The quantitative estimate of drug-likeness (QED) is 0.594. The molecule has 1 aromatic rings. The van der Waals surface area contributed by atoms with Crippen molar-refractivity contribution >= 4 is 13.4 Å². The molecule has 0 aromatic heterocycles. The van der Waals surface area contributed by atoms with Crippen molar-refractivity contribution < 1.29 is 23.5 Å². The Kier molecular flexibility index (Phi) is 4.56. The Morgan fingerprint density at radius 3 is 2.08 bits per heavy atom. The zero-order chi connectivity index (χ0) is 18.5. The predicted octanol–water partition coefficient (Wildman–Crippen LogP) is 4.70. The molecule has 1 atom stereocenters. The van der Waals surface area contributed by atoms with Crippen molar-refractivity contribution in [2.45, 2.75) is 32.1 Å². The Labute approximate surface area is 154 Å². The van der Waals surface area contributed by atoms with Gasteiger partial charge in [-0.15, -0.1) is 0 Å². The zero-order valence-electron chi connectivity index (χ0n) is 15.6. The Bertz CT molecular complexity index is 748. The van der Waals surface area contributed by atoms with Gasteiger partial charge in [-0.1, -0.05) is 0 Å². The number of methoxy groups -OCH3 is 2. The van der Waals surface area contributed by atoms with E-state index in [1.54, 1.807) is 26.4 Å². The Balaban J connectivity index is 1.77. The van der Waals surface area contributed by atoms with E-state index in [0.717, 1.165) is 23.2 Å². The molecule has 0 aliphatic heterocycles. The molecule has 4 aliphatic rings. The van der Waals surface area contributed by atoms with E-state index in [1.165, 1.54) is 44.3 Å². The maximum atomic E-state index is 11.7. The van der Waals surface area contributed by atoms with Gasteiger partial charge >= 0.3 is 7.60 Å². The lowest BCUT2D eigenvalue weighted by Gasteiger charge is -2.51. The molecule has 0 radical (unpaired) electrons. The lowest BCUT2D eigenvalue weighted by Crippen LogP contribution is -2.40. The minimum Gasteiger partial charge on any atom is -0.497 e. The van der Waals surface area contributed by atoms with E-state index in [4.69, 9.17) is 14.0 Å². The van der Waals surface area contributed by atoms with Gasteiger partial charge in [-0.2, -0.15) is 0 Å². The first-order valence-corrected chi connectivity index (χ1v) is 11.4.